The largest absolute Gasteiger partial charge is 0.397 e. The van der Waals surface area contributed by atoms with Crippen LogP contribution in [0.1, 0.15) is 20.8 Å². The monoisotopic (exact) mass is 256 g/mol. The van der Waals surface area contributed by atoms with E-state index in [1.807, 2.05) is 18.2 Å². The van der Waals surface area contributed by atoms with Crippen LogP contribution in [0.5, 0.6) is 0 Å². The van der Waals surface area contributed by atoms with Crippen molar-refractivity contribution in [3.05, 3.63) is 22.7 Å². The first-order chi connectivity index (χ1) is 6.50. The Labute approximate surface area is 94.0 Å². The second-order valence-corrected chi connectivity index (χ2v) is 4.82. The number of nitrogens with two attached hydrogens (primary N) is 1. The first kappa shape index (κ1) is 11.4. The summed E-state index contributed by atoms with van der Waals surface area (Å²) in [5.74, 6) is 0.595. The number of hydrogen-bond acceptors (Lipinski definition) is 2. The lowest BCUT2D eigenvalue weighted by Crippen LogP contribution is -2.22. The van der Waals surface area contributed by atoms with Gasteiger partial charge in [0.05, 0.1) is 11.4 Å². The van der Waals surface area contributed by atoms with E-state index in [4.69, 9.17) is 5.73 Å². The molecule has 1 aromatic rings. The van der Waals surface area contributed by atoms with Gasteiger partial charge in [-0.05, 0) is 31.0 Å². The molecule has 0 aromatic heterocycles. The van der Waals surface area contributed by atoms with Crippen molar-refractivity contribution in [3.63, 3.8) is 0 Å². The molecule has 0 saturated heterocycles. The zero-order chi connectivity index (χ0) is 10.7. The molecule has 1 rings (SSSR count). The third-order valence-corrected chi connectivity index (χ3v) is 2.89. The molecule has 3 N–H and O–H groups in total. The Hall–Kier alpha value is -0.700. The van der Waals surface area contributed by atoms with Crippen LogP contribution in [0.25, 0.3) is 0 Å². The molecule has 2 nitrogen and oxygen atoms in total. The van der Waals surface area contributed by atoms with Gasteiger partial charge in [0.25, 0.3) is 0 Å². The maximum atomic E-state index is 5.88. The third kappa shape index (κ3) is 2.91. The molecule has 0 aliphatic rings. The van der Waals surface area contributed by atoms with Gasteiger partial charge in [-0.25, -0.2) is 0 Å². The fourth-order valence-corrected chi connectivity index (χ4v) is 1.46. The summed E-state index contributed by atoms with van der Waals surface area (Å²) in [5.41, 5.74) is 7.67. The molecule has 78 valence electrons. The second kappa shape index (κ2) is 4.69. The molecular weight excluding hydrogens is 240 g/mol. The second-order valence-electron chi connectivity index (χ2n) is 3.91. The highest BCUT2D eigenvalue weighted by Gasteiger charge is 2.08. The van der Waals surface area contributed by atoms with E-state index >= 15 is 0 Å². The number of benzene rings is 1. The maximum Gasteiger partial charge on any atom is 0.0576 e. The molecular formula is C11H17BrN2. The van der Waals surface area contributed by atoms with E-state index < -0.39 is 0 Å². The molecule has 0 saturated carbocycles. The van der Waals surface area contributed by atoms with Crippen LogP contribution in [0.2, 0.25) is 0 Å². The Balaban J connectivity index is 2.77. The fourth-order valence-electron chi connectivity index (χ4n) is 1.08. The van der Waals surface area contributed by atoms with Crippen LogP contribution in [0.15, 0.2) is 22.7 Å². The third-order valence-electron chi connectivity index (χ3n) is 2.40. The van der Waals surface area contributed by atoms with Crippen LogP contribution in [-0.2, 0) is 0 Å². The van der Waals surface area contributed by atoms with E-state index in [1.54, 1.807) is 0 Å². The van der Waals surface area contributed by atoms with Crippen molar-refractivity contribution < 1.29 is 0 Å². The van der Waals surface area contributed by atoms with Crippen molar-refractivity contribution in [1.29, 1.82) is 0 Å². The van der Waals surface area contributed by atoms with Gasteiger partial charge in [0.2, 0.25) is 0 Å². The molecule has 0 spiro atoms. The van der Waals surface area contributed by atoms with Crippen molar-refractivity contribution >= 4 is 27.3 Å². The molecule has 0 aliphatic carbocycles. The number of hydrogen-bond donors (Lipinski definition) is 2. The number of anilines is 2. The van der Waals surface area contributed by atoms with Gasteiger partial charge in [-0.1, -0.05) is 29.8 Å². The summed E-state index contributed by atoms with van der Waals surface area (Å²) in [6.07, 6.45) is 0. The number of halogens is 1. The van der Waals surface area contributed by atoms with Crippen LogP contribution in [0.4, 0.5) is 11.4 Å². The Morgan fingerprint density at radius 3 is 2.43 bits per heavy atom. The Morgan fingerprint density at radius 2 is 1.93 bits per heavy atom. The molecule has 3 heteroatoms. The fraction of sp³-hybridized carbons (Fsp3) is 0.455. The van der Waals surface area contributed by atoms with E-state index in [0.717, 1.165) is 15.8 Å². The predicted octanol–water partition coefficient (Wildman–Crippen LogP) is 3.49. The van der Waals surface area contributed by atoms with Gasteiger partial charge in [-0.15, -0.1) is 0 Å². The number of rotatable bonds is 3. The van der Waals surface area contributed by atoms with Gasteiger partial charge >= 0.3 is 0 Å². The molecule has 0 heterocycles. The molecule has 14 heavy (non-hydrogen) atoms. The molecule has 0 radical (unpaired) electrons. The lowest BCUT2D eigenvalue weighted by molar-refractivity contribution is 0.560. The van der Waals surface area contributed by atoms with Gasteiger partial charge in [0, 0.05) is 10.5 Å². The van der Waals surface area contributed by atoms with Crippen molar-refractivity contribution in [2.75, 3.05) is 11.1 Å². The van der Waals surface area contributed by atoms with Crippen LogP contribution < -0.4 is 11.1 Å². The predicted molar refractivity (Wildman–Crippen MR) is 66.5 cm³/mol. The molecule has 0 aliphatic heterocycles. The lowest BCUT2D eigenvalue weighted by atomic mass is 10.1. The molecule has 1 aromatic carbocycles. The first-order valence-electron chi connectivity index (χ1n) is 4.82. The van der Waals surface area contributed by atoms with Crippen LogP contribution in [0.3, 0.4) is 0 Å². The smallest absolute Gasteiger partial charge is 0.0576 e. The molecule has 1 unspecified atom stereocenters. The minimum absolute atomic E-state index is 0.429. The SMILES string of the molecule is CC(C)C(C)Nc1ccc(Br)cc1N. The Bertz CT molecular complexity index is 310. The van der Waals surface area contributed by atoms with Crippen molar-refractivity contribution in [3.8, 4) is 0 Å². The van der Waals surface area contributed by atoms with Crippen LogP contribution in [-0.4, -0.2) is 6.04 Å². The molecule has 0 fully saturated rings. The highest BCUT2D eigenvalue weighted by molar-refractivity contribution is 9.10. The normalized spacial score (nSPS) is 12.9. The quantitative estimate of drug-likeness (QED) is 0.813. The van der Waals surface area contributed by atoms with E-state index in [2.05, 4.69) is 42.0 Å². The standard InChI is InChI=1S/C11H17BrN2/c1-7(2)8(3)14-11-5-4-9(12)6-10(11)13/h4-8,14H,13H2,1-3H3. The van der Waals surface area contributed by atoms with Crippen LogP contribution >= 0.6 is 15.9 Å². The summed E-state index contributed by atoms with van der Waals surface area (Å²) in [5, 5.41) is 3.39. The van der Waals surface area contributed by atoms with Crippen molar-refractivity contribution in [2.45, 2.75) is 26.8 Å². The maximum absolute atomic E-state index is 5.88. The van der Waals surface area contributed by atoms with E-state index in [9.17, 15) is 0 Å². The summed E-state index contributed by atoms with van der Waals surface area (Å²) >= 11 is 3.38. The number of nitrogen functional groups attached to an aromatic ring is 1. The highest BCUT2D eigenvalue weighted by Crippen LogP contribution is 2.24. The minimum Gasteiger partial charge on any atom is -0.397 e. The van der Waals surface area contributed by atoms with Gasteiger partial charge < -0.3 is 11.1 Å². The van der Waals surface area contributed by atoms with Gasteiger partial charge in [-0.2, -0.15) is 0 Å². The first-order valence-corrected chi connectivity index (χ1v) is 5.61. The van der Waals surface area contributed by atoms with Crippen LogP contribution in [0, 0.1) is 5.92 Å². The van der Waals surface area contributed by atoms with Gasteiger partial charge in [0.1, 0.15) is 0 Å². The number of nitrogens with one attached hydrogen (secondary N) is 1. The Kier molecular flexibility index (Phi) is 3.81. The van der Waals surface area contributed by atoms with E-state index in [1.165, 1.54) is 0 Å². The minimum atomic E-state index is 0.429. The molecule has 1 atom stereocenters. The lowest BCUT2D eigenvalue weighted by Gasteiger charge is -2.20. The molecule has 0 bridgehead atoms. The zero-order valence-electron chi connectivity index (χ0n) is 8.84. The summed E-state index contributed by atoms with van der Waals surface area (Å²) in [4.78, 5) is 0. The highest BCUT2D eigenvalue weighted by atomic mass is 79.9. The van der Waals surface area contributed by atoms with Crippen molar-refractivity contribution in [1.82, 2.24) is 0 Å². The average Bonchev–Trinajstić information content (AvgIpc) is 2.09. The van der Waals surface area contributed by atoms with E-state index in [0.29, 0.717) is 12.0 Å². The average molecular weight is 257 g/mol. The zero-order valence-corrected chi connectivity index (χ0v) is 10.4. The van der Waals surface area contributed by atoms with Crippen molar-refractivity contribution in [2.24, 2.45) is 5.92 Å². The topological polar surface area (TPSA) is 38.0 Å². The molecule has 0 amide bonds. The summed E-state index contributed by atoms with van der Waals surface area (Å²) in [6.45, 7) is 6.53. The summed E-state index contributed by atoms with van der Waals surface area (Å²) in [6, 6.07) is 6.33. The van der Waals surface area contributed by atoms with E-state index in [-0.39, 0.29) is 0 Å². The summed E-state index contributed by atoms with van der Waals surface area (Å²) in [7, 11) is 0. The van der Waals surface area contributed by atoms with Gasteiger partial charge in [-0.3, -0.25) is 0 Å². The Morgan fingerprint density at radius 1 is 1.29 bits per heavy atom. The van der Waals surface area contributed by atoms with Gasteiger partial charge in [0.15, 0.2) is 0 Å². The summed E-state index contributed by atoms with van der Waals surface area (Å²) < 4.78 is 1.01.